The summed E-state index contributed by atoms with van der Waals surface area (Å²) in [4.78, 5) is 0. The smallest absolute Gasteiger partial charge is 0.213 e. The molecule has 0 bridgehead atoms. The molecule has 2 N–H and O–H groups in total. The zero-order valence-corrected chi connectivity index (χ0v) is 10.1. The van der Waals surface area contributed by atoms with Crippen LogP contribution in [0.5, 0.6) is 0 Å². The average molecular weight is 239 g/mol. The highest BCUT2D eigenvalue weighted by Gasteiger charge is 2.08. The van der Waals surface area contributed by atoms with Gasteiger partial charge in [-0.2, -0.15) is 0 Å². The molecule has 0 amide bonds. The van der Waals surface area contributed by atoms with Crippen molar-refractivity contribution >= 4 is 10.0 Å². The Morgan fingerprint density at radius 1 is 1.27 bits per heavy atom. The van der Waals surface area contributed by atoms with Crippen molar-refractivity contribution in [1.82, 2.24) is 4.72 Å². The van der Waals surface area contributed by atoms with Gasteiger partial charge in [-0.3, -0.25) is 0 Å². The summed E-state index contributed by atoms with van der Waals surface area (Å²) in [5.74, 6) is 0.0147. The van der Waals surface area contributed by atoms with Crippen molar-refractivity contribution in [2.45, 2.75) is 26.2 Å². The van der Waals surface area contributed by atoms with E-state index in [0.717, 1.165) is 19.3 Å². The molecule has 0 atom stereocenters. The number of hydrogen-bond donors (Lipinski definition) is 2. The molecule has 0 fully saturated rings. The van der Waals surface area contributed by atoms with Gasteiger partial charge in [0.1, 0.15) is 0 Å². The Morgan fingerprint density at radius 3 is 2.60 bits per heavy atom. The second kappa shape index (κ2) is 9.08. The summed E-state index contributed by atoms with van der Waals surface area (Å²) in [6, 6.07) is 0. The molecule has 0 aliphatic rings. The fourth-order valence-corrected chi connectivity index (χ4v) is 1.96. The lowest BCUT2D eigenvalue weighted by Crippen LogP contribution is -2.29. The van der Waals surface area contributed by atoms with E-state index in [0.29, 0.717) is 13.2 Å². The minimum absolute atomic E-state index is 0.0147. The number of nitrogens with one attached hydrogen (secondary N) is 1. The molecule has 15 heavy (non-hydrogen) atoms. The molecule has 0 unspecified atom stereocenters. The van der Waals surface area contributed by atoms with Crippen molar-refractivity contribution in [3.8, 4) is 0 Å². The Labute approximate surface area is 91.9 Å². The Balaban J connectivity index is 3.47. The molecule has 0 rings (SSSR count). The SMILES string of the molecule is CCOCCS(=O)(=O)NCCCCCO. The summed E-state index contributed by atoms with van der Waals surface area (Å²) < 4.78 is 30.0. The lowest BCUT2D eigenvalue weighted by molar-refractivity contribution is 0.163. The van der Waals surface area contributed by atoms with Crippen molar-refractivity contribution in [3.05, 3.63) is 0 Å². The van der Waals surface area contributed by atoms with Gasteiger partial charge in [-0.1, -0.05) is 0 Å². The van der Waals surface area contributed by atoms with Gasteiger partial charge in [-0.25, -0.2) is 13.1 Å². The van der Waals surface area contributed by atoms with Crippen molar-refractivity contribution in [1.29, 1.82) is 0 Å². The first-order valence-electron chi connectivity index (χ1n) is 5.28. The quantitative estimate of drug-likeness (QED) is 0.530. The zero-order valence-electron chi connectivity index (χ0n) is 9.24. The van der Waals surface area contributed by atoms with Gasteiger partial charge in [0, 0.05) is 19.8 Å². The van der Waals surface area contributed by atoms with E-state index in [9.17, 15) is 8.42 Å². The number of rotatable bonds is 10. The highest BCUT2D eigenvalue weighted by atomic mass is 32.2. The lowest BCUT2D eigenvalue weighted by Gasteiger charge is -2.06. The van der Waals surface area contributed by atoms with Crippen molar-refractivity contribution in [3.63, 3.8) is 0 Å². The average Bonchev–Trinajstić information content (AvgIpc) is 2.17. The van der Waals surface area contributed by atoms with Crippen LogP contribution in [0, 0.1) is 0 Å². The van der Waals surface area contributed by atoms with E-state index in [4.69, 9.17) is 9.84 Å². The molecule has 6 heteroatoms. The largest absolute Gasteiger partial charge is 0.396 e. The lowest BCUT2D eigenvalue weighted by atomic mass is 10.2. The normalized spacial score (nSPS) is 11.9. The minimum Gasteiger partial charge on any atom is -0.396 e. The van der Waals surface area contributed by atoms with Crippen LogP contribution >= 0.6 is 0 Å². The van der Waals surface area contributed by atoms with Crippen molar-refractivity contribution < 1.29 is 18.3 Å². The van der Waals surface area contributed by atoms with E-state index in [1.54, 1.807) is 0 Å². The summed E-state index contributed by atoms with van der Waals surface area (Å²) >= 11 is 0. The molecule has 92 valence electrons. The second-order valence-electron chi connectivity index (χ2n) is 3.19. The molecule has 0 heterocycles. The molecule has 0 aliphatic heterocycles. The first kappa shape index (κ1) is 14.8. The number of ether oxygens (including phenoxy) is 1. The van der Waals surface area contributed by atoms with Crippen LogP contribution in [-0.2, 0) is 14.8 Å². The Bertz CT molecular complexity index is 228. The van der Waals surface area contributed by atoms with Crippen molar-refractivity contribution in [2.24, 2.45) is 0 Å². The van der Waals surface area contributed by atoms with Crippen LogP contribution in [0.1, 0.15) is 26.2 Å². The Hall–Kier alpha value is -0.170. The molecule has 5 nitrogen and oxygen atoms in total. The topological polar surface area (TPSA) is 75.6 Å². The summed E-state index contributed by atoms with van der Waals surface area (Å²) in [7, 11) is -3.18. The molecule has 0 aliphatic carbocycles. The third-order valence-corrected chi connectivity index (χ3v) is 3.21. The maximum Gasteiger partial charge on any atom is 0.213 e. The maximum atomic E-state index is 11.3. The van der Waals surface area contributed by atoms with Gasteiger partial charge in [-0.05, 0) is 26.2 Å². The summed E-state index contributed by atoms with van der Waals surface area (Å²) in [5, 5.41) is 8.51. The highest BCUT2D eigenvalue weighted by molar-refractivity contribution is 7.89. The summed E-state index contributed by atoms with van der Waals surface area (Å²) in [5.41, 5.74) is 0. The summed E-state index contributed by atoms with van der Waals surface area (Å²) in [6.45, 7) is 3.20. The van der Waals surface area contributed by atoms with Crippen molar-refractivity contribution in [2.75, 3.05) is 32.1 Å². The zero-order chi connectivity index (χ0) is 11.6. The number of aliphatic hydroxyl groups excluding tert-OH is 1. The molecular weight excluding hydrogens is 218 g/mol. The first-order valence-corrected chi connectivity index (χ1v) is 6.93. The fraction of sp³-hybridized carbons (Fsp3) is 1.00. The monoisotopic (exact) mass is 239 g/mol. The predicted octanol–water partition coefficient (Wildman–Crippen LogP) is 0.105. The third kappa shape index (κ3) is 10.1. The van der Waals surface area contributed by atoms with Crippen LogP contribution in [0.4, 0.5) is 0 Å². The van der Waals surface area contributed by atoms with E-state index in [-0.39, 0.29) is 19.0 Å². The standard InChI is InChI=1S/C9H21NO4S/c1-2-14-8-9-15(12,13)10-6-4-3-5-7-11/h10-11H,2-9H2,1H3. The van der Waals surface area contributed by atoms with Crippen LogP contribution in [0.3, 0.4) is 0 Å². The van der Waals surface area contributed by atoms with E-state index in [1.165, 1.54) is 0 Å². The van der Waals surface area contributed by atoms with Gasteiger partial charge in [0.15, 0.2) is 0 Å². The molecule has 0 radical (unpaired) electrons. The van der Waals surface area contributed by atoms with Gasteiger partial charge >= 0.3 is 0 Å². The molecule has 0 saturated heterocycles. The molecule has 0 spiro atoms. The van der Waals surface area contributed by atoms with Crippen LogP contribution in [0.15, 0.2) is 0 Å². The first-order chi connectivity index (χ1) is 7.12. The van der Waals surface area contributed by atoms with E-state index < -0.39 is 10.0 Å². The number of sulfonamides is 1. The molecule has 0 aromatic rings. The number of aliphatic hydroxyl groups is 1. The van der Waals surface area contributed by atoms with Gasteiger partial charge in [0.25, 0.3) is 0 Å². The van der Waals surface area contributed by atoms with E-state index >= 15 is 0 Å². The van der Waals surface area contributed by atoms with Crippen LogP contribution in [0.25, 0.3) is 0 Å². The van der Waals surface area contributed by atoms with Gasteiger partial charge in [0.2, 0.25) is 10.0 Å². The van der Waals surface area contributed by atoms with E-state index in [1.807, 2.05) is 6.92 Å². The van der Waals surface area contributed by atoms with Gasteiger partial charge in [0.05, 0.1) is 12.4 Å². The predicted molar refractivity (Wildman–Crippen MR) is 59.2 cm³/mol. The molecule has 0 aromatic carbocycles. The van der Waals surface area contributed by atoms with Crippen LogP contribution < -0.4 is 4.72 Å². The maximum absolute atomic E-state index is 11.3. The third-order valence-electron chi connectivity index (χ3n) is 1.86. The minimum atomic E-state index is -3.18. The van der Waals surface area contributed by atoms with E-state index in [2.05, 4.69) is 4.72 Å². The molecule has 0 aromatic heterocycles. The molecular formula is C9H21NO4S. The summed E-state index contributed by atoms with van der Waals surface area (Å²) in [6.07, 6.45) is 2.32. The Morgan fingerprint density at radius 2 is 2.00 bits per heavy atom. The number of unbranched alkanes of at least 4 members (excludes halogenated alkanes) is 2. The second-order valence-corrected chi connectivity index (χ2v) is 5.12. The Kier molecular flexibility index (Phi) is 8.98. The highest BCUT2D eigenvalue weighted by Crippen LogP contribution is 1.93. The van der Waals surface area contributed by atoms with Gasteiger partial charge in [-0.15, -0.1) is 0 Å². The fourth-order valence-electron chi connectivity index (χ4n) is 1.03. The molecule has 0 saturated carbocycles. The van der Waals surface area contributed by atoms with Gasteiger partial charge < -0.3 is 9.84 Å². The van der Waals surface area contributed by atoms with Crippen LogP contribution in [-0.4, -0.2) is 45.6 Å². The number of hydrogen-bond acceptors (Lipinski definition) is 4. The van der Waals surface area contributed by atoms with Crippen LogP contribution in [0.2, 0.25) is 0 Å².